The van der Waals surface area contributed by atoms with E-state index in [-0.39, 0.29) is 6.04 Å². The van der Waals surface area contributed by atoms with Gasteiger partial charge in [0.25, 0.3) is 0 Å². The minimum atomic E-state index is -0.00794. The van der Waals surface area contributed by atoms with Crippen molar-refractivity contribution in [3.05, 3.63) is 83.6 Å². The monoisotopic (exact) mass is 455 g/mol. The molecule has 0 fully saturated rings. The summed E-state index contributed by atoms with van der Waals surface area (Å²) in [6, 6.07) is -0.00794. The molecule has 6 nitrogen and oxygen atoms in total. The van der Waals surface area contributed by atoms with Crippen LogP contribution in [0.5, 0.6) is 0 Å². The molecule has 3 rings (SSSR count). The molecule has 7 heteroatoms. The lowest BCUT2D eigenvalue weighted by Crippen LogP contribution is -2.16. The number of imidazole rings is 1. The second-order valence-corrected chi connectivity index (χ2v) is 6.88. The molecule has 2 aliphatic carbocycles. The smallest absolute Gasteiger partial charge is 0.139 e. The summed E-state index contributed by atoms with van der Waals surface area (Å²) in [7, 11) is 4.92. The molecule has 0 saturated heterocycles. The third-order valence-corrected chi connectivity index (χ3v) is 4.68. The molecule has 0 bridgehead atoms. The largest absolute Gasteiger partial charge is 0.497 e. The molecule has 0 aromatic carbocycles. The highest BCUT2D eigenvalue weighted by Crippen LogP contribution is 2.30. The van der Waals surface area contributed by atoms with E-state index in [1.165, 1.54) is 7.05 Å². The summed E-state index contributed by atoms with van der Waals surface area (Å²) in [5.74, 6) is 2.55. The standard InChI is InChI=1S/C21H22ClN3O.C3H7N.CH5N/c1-4-25-15(2)23-20(16-8-5-6-11-19(14-16)26-3)21(25)24-18-10-7-9-17(22)12-13-18;1-3-4-2;1-2/h4,6-14,18,24H,1,5H2,2-3H3;3H,1-2H3;2H2,1H3. The summed E-state index contributed by atoms with van der Waals surface area (Å²) in [4.78, 5) is 8.38. The van der Waals surface area contributed by atoms with E-state index in [4.69, 9.17) is 21.3 Å². The van der Waals surface area contributed by atoms with Crippen LogP contribution in [0.1, 0.15) is 24.9 Å². The third kappa shape index (κ3) is 7.87. The lowest BCUT2D eigenvalue weighted by molar-refractivity contribution is 0.307. The van der Waals surface area contributed by atoms with Crippen molar-refractivity contribution in [1.82, 2.24) is 9.55 Å². The molecule has 0 amide bonds. The van der Waals surface area contributed by atoms with Gasteiger partial charge in [-0.25, -0.2) is 4.98 Å². The van der Waals surface area contributed by atoms with E-state index < -0.39 is 0 Å². The summed E-state index contributed by atoms with van der Waals surface area (Å²) in [5, 5.41) is 4.23. The molecule has 1 heterocycles. The highest BCUT2D eigenvalue weighted by Gasteiger charge is 2.18. The van der Waals surface area contributed by atoms with E-state index in [0.717, 1.165) is 35.1 Å². The number of hydrogen-bond acceptors (Lipinski definition) is 5. The van der Waals surface area contributed by atoms with Crippen LogP contribution in [0.15, 0.2) is 77.0 Å². The van der Waals surface area contributed by atoms with Crippen LogP contribution in [0.2, 0.25) is 0 Å². The van der Waals surface area contributed by atoms with E-state index >= 15 is 0 Å². The van der Waals surface area contributed by atoms with Crippen molar-refractivity contribution < 1.29 is 4.74 Å². The first kappa shape index (κ1) is 26.9. The number of allylic oxidation sites excluding steroid dienone is 9. The zero-order valence-electron chi connectivity index (χ0n) is 19.5. The van der Waals surface area contributed by atoms with Crippen molar-refractivity contribution in [1.29, 1.82) is 0 Å². The minimum Gasteiger partial charge on any atom is -0.497 e. The highest BCUT2D eigenvalue weighted by molar-refractivity contribution is 6.31. The maximum Gasteiger partial charge on any atom is 0.139 e. The molecule has 32 heavy (non-hydrogen) atoms. The Kier molecular flexibility index (Phi) is 12.5. The van der Waals surface area contributed by atoms with Gasteiger partial charge in [0.1, 0.15) is 23.1 Å². The van der Waals surface area contributed by atoms with Crippen LogP contribution in [-0.2, 0) is 4.74 Å². The van der Waals surface area contributed by atoms with Gasteiger partial charge in [-0.1, -0.05) is 48.6 Å². The summed E-state index contributed by atoms with van der Waals surface area (Å²) >= 11 is 6.08. The molecule has 1 aromatic rings. The number of rotatable bonds is 5. The number of nitrogens with zero attached hydrogens (tertiary/aromatic N) is 3. The number of nitrogens with two attached hydrogens (primary N) is 1. The quantitative estimate of drug-likeness (QED) is 0.576. The molecule has 0 spiro atoms. The maximum absolute atomic E-state index is 6.08. The van der Waals surface area contributed by atoms with Gasteiger partial charge in [0, 0.05) is 23.9 Å². The van der Waals surface area contributed by atoms with E-state index in [1.54, 1.807) is 26.6 Å². The van der Waals surface area contributed by atoms with E-state index in [0.29, 0.717) is 5.03 Å². The van der Waals surface area contributed by atoms with E-state index in [9.17, 15) is 0 Å². The van der Waals surface area contributed by atoms with Crippen molar-refractivity contribution in [2.24, 2.45) is 10.7 Å². The Morgan fingerprint density at radius 1 is 1.34 bits per heavy atom. The molecule has 1 aromatic heterocycles. The molecule has 1 atom stereocenters. The SMILES string of the molecule is C=Cn1c(C)nc(C2=CCC=CC(OC)=C2)c1NC1C=CC=C(Cl)C=C1.CC=NC.CN. The van der Waals surface area contributed by atoms with Gasteiger partial charge in [0.05, 0.1) is 13.2 Å². The summed E-state index contributed by atoms with van der Waals surface area (Å²) < 4.78 is 7.37. The van der Waals surface area contributed by atoms with E-state index in [1.807, 2.05) is 60.9 Å². The lowest BCUT2D eigenvalue weighted by Gasteiger charge is -2.15. The topological polar surface area (TPSA) is 77.5 Å². The van der Waals surface area contributed by atoms with Gasteiger partial charge in [-0.2, -0.15) is 0 Å². The molecule has 0 radical (unpaired) electrons. The minimum absolute atomic E-state index is 0.00794. The molecular formula is C25H34ClN5O. The van der Waals surface area contributed by atoms with Crippen LogP contribution in [0.25, 0.3) is 11.8 Å². The summed E-state index contributed by atoms with van der Waals surface area (Å²) in [6.45, 7) is 7.78. The fraction of sp³-hybridized carbons (Fsp3) is 0.280. The third-order valence-electron chi connectivity index (χ3n) is 4.43. The van der Waals surface area contributed by atoms with Crippen LogP contribution in [-0.4, -0.2) is 43.0 Å². The summed E-state index contributed by atoms with van der Waals surface area (Å²) in [6.07, 6.45) is 22.3. The van der Waals surface area contributed by atoms with Crippen LogP contribution in [0.3, 0.4) is 0 Å². The van der Waals surface area contributed by atoms with Gasteiger partial charge >= 0.3 is 0 Å². The number of hydrogen-bond donors (Lipinski definition) is 2. The Morgan fingerprint density at radius 2 is 2.06 bits per heavy atom. The summed E-state index contributed by atoms with van der Waals surface area (Å²) in [5.41, 5.74) is 6.38. The van der Waals surface area contributed by atoms with Crippen molar-refractivity contribution in [2.75, 3.05) is 26.5 Å². The molecule has 0 aliphatic heterocycles. The molecule has 3 N–H and O–H groups in total. The molecule has 2 aliphatic rings. The molecule has 0 saturated carbocycles. The second-order valence-electron chi connectivity index (χ2n) is 6.44. The highest BCUT2D eigenvalue weighted by atomic mass is 35.5. The average molecular weight is 456 g/mol. The number of nitrogens with one attached hydrogen (secondary N) is 1. The van der Waals surface area contributed by atoms with Gasteiger partial charge in [-0.05, 0) is 57.8 Å². The maximum atomic E-state index is 6.08. The van der Waals surface area contributed by atoms with Crippen LogP contribution in [0, 0.1) is 6.92 Å². The number of methoxy groups -OCH3 is 1. The predicted octanol–water partition coefficient (Wildman–Crippen LogP) is 5.48. The Hall–Kier alpha value is -3.09. The Labute approximate surface area is 196 Å². The van der Waals surface area contributed by atoms with Crippen molar-refractivity contribution >= 4 is 35.4 Å². The van der Waals surface area contributed by atoms with Crippen LogP contribution >= 0.6 is 11.6 Å². The normalized spacial score (nSPS) is 17.0. The molecule has 1 unspecified atom stereocenters. The fourth-order valence-electron chi connectivity index (χ4n) is 2.88. The Morgan fingerprint density at radius 3 is 2.69 bits per heavy atom. The van der Waals surface area contributed by atoms with Crippen molar-refractivity contribution in [3.8, 4) is 0 Å². The first-order valence-corrected chi connectivity index (χ1v) is 10.7. The second kappa shape index (κ2) is 14.8. The van der Waals surface area contributed by atoms with Crippen molar-refractivity contribution in [2.45, 2.75) is 26.3 Å². The number of aliphatic imine (C=N–C) groups is 1. The first-order valence-electron chi connectivity index (χ1n) is 10.3. The zero-order valence-corrected chi connectivity index (χ0v) is 20.3. The van der Waals surface area contributed by atoms with Crippen LogP contribution in [0.4, 0.5) is 5.82 Å². The van der Waals surface area contributed by atoms with Gasteiger partial charge < -0.3 is 20.8 Å². The van der Waals surface area contributed by atoms with Crippen molar-refractivity contribution in [3.63, 3.8) is 0 Å². The van der Waals surface area contributed by atoms with Gasteiger partial charge in [-0.15, -0.1) is 0 Å². The predicted molar refractivity (Wildman–Crippen MR) is 140 cm³/mol. The Balaban J connectivity index is 0.000000769. The van der Waals surface area contributed by atoms with E-state index in [2.05, 4.69) is 34.8 Å². The number of anilines is 1. The van der Waals surface area contributed by atoms with Gasteiger partial charge in [-0.3, -0.25) is 4.57 Å². The number of ether oxygens (including phenoxy) is 1. The van der Waals surface area contributed by atoms with Crippen LogP contribution < -0.4 is 11.1 Å². The Bertz CT molecular complexity index is 957. The lowest BCUT2D eigenvalue weighted by atomic mass is 10.1. The molecular weight excluding hydrogens is 422 g/mol. The fourth-order valence-corrected chi connectivity index (χ4v) is 3.02. The van der Waals surface area contributed by atoms with Gasteiger partial charge in [0.2, 0.25) is 0 Å². The number of aromatic nitrogens is 2. The number of halogens is 1. The first-order chi connectivity index (χ1) is 15.5. The van der Waals surface area contributed by atoms with Gasteiger partial charge in [0.15, 0.2) is 0 Å². The number of aryl methyl sites for hydroxylation is 1. The zero-order chi connectivity index (χ0) is 23.9. The molecule has 172 valence electrons. The average Bonchev–Trinajstić information content (AvgIpc) is 2.99.